The van der Waals surface area contributed by atoms with Crippen LogP contribution in [0.25, 0.3) is 0 Å². The second-order valence-corrected chi connectivity index (χ2v) is 5.57. The Balaban J connectivity index is 2.69. The van der Waals surface area contributed by atoms with E-state index in [9.17, 15) is 0 Å². The summed E-state index contributed by atoms with van der Waals surface area (Å²) in [6.45, 7) is 2.28. The van der Waals surface area contributed by atoms with Gasteiger partial charge in [0.05, 0.1) is 0 Å². The van der Waals surface area contributed by atoms with Crippen LogP contribution >= 0.6 is 0 Å². The van der Waals surface area contributed by atoms with Crippen LogP contribution in [0.4, 0.5) is 0 Å². The van der Waals surface area contributed by atoms with Crippen LogP contribution in [0, 0.1) is 0 Å². The molecule has 0 radical (unpaired) electrons. The first-order chi connectivity index (χ1) is 5.41. The number of hydrogen-bond donors (Lipinski definition) is 0. The van der Waals surface area contributed by atoms with Gasteiger partial charge in [0.2, 0.25) is 0 Å². The van der Waals surface area contributed by atoms with E-state index in [-0.39, 0.29) is 0 Å². The molecule has 0 bridgehead atoms. The fourth-order valence-corrected chi connectivity index (χ4v) is 2.43. The fourth-order valence-electron chi connectivity index (χ4n) is 1.38. The third-order valence-electron chi connectivity index (χ3n) is 2.21. The Bertz CT molecular complexity index is 53.9. The van der Waals surface area contributed by atoms with E-state index in [1.54, 1.807) is 4.98 Å². The second-order valence-electron chi connectivity index (χ2n) is 3.47. The molecule has 0 aliphatic rings. The third kappa shape index (κ3) is 10.6. The molecule has 0 spiro atoms. The first-order valence-corrected chi connectivity index (χ1v) is 8.38. The minimum atomic E-state index is 1.11. The van der Waals surface area contributed by atoms with Gasteiger partial charge >= 0.3 is 81.9 Å². The van der Waals surface area contributed by atoms with Gasteiger partial charge in [-0.2, -0.15) is 0 Å². The van der Waals surface area contributed by atoms with Gasteiger partial charge in [-0.05, 0) is 0 Å². The number of unbranched alkanes of at least 4 members (excludes halogenated alkanes) is 7. The van der Waals surface area contributed by atoms with Crippen molar-refractivity contribution in [2.75, 3.05) is 0 Å². The molecule has 0 atom stereocenters. The van der Waals surface area contributed by atoms with Crippen molar-refractivity contribution in [2.24, 2.45) is 0 Å². The molecule has 0 saturated heterocycles. The summed E-state index contributed by atoms with van der Waals surface area (Å²) in [7, 11) is 0. The molecule has 66 valence electrons. The molecule has 0 fully saturated rings. The van der Waals surface area contributed by atoms with Gasteiger partial charge in [0.1, 0.15) is 0 Å². The molecule has 0 aromatic rings. The van der Waals surface area contributed by atoms with E-state index in [1.165, 1.54) is 51.4 Å². The van der Waals surface area contributed by atoms with E-state index in [2.05, 4.69) is 6.92 Å². The van der Waals surface area contributed by atoms with E-state index in [0.29, 0.717) is 0 Å². The molecule has 0 unspecified atom stereocenters. The zero-order chi connectivity index (χ0) is 8.36. The van der Waals surface area contributed by atoms with Gasteiger partial charge in [-0.3, -0.25) is 0 Å². The Labute approximate surface area is 82.1 Å². The summed E-state index contributed by atoms with van der Waals surface area (Å²) in [6.07, 6.45) is 11.8. The summed E-state index contributed by atoms with van der Waals surface area (Å²) in [5, 5.41) is 0. The average Bonchev–Trinajstić information content (AvgIpc) is 2.03. The van der Waals surface area contributed by atoms with Crippen molar-refractivity contribution in [3.8, 4) is 0 Å². The molecular formula is C10H23Ga. The zero-order valence-electron chi connectivity index (χ0n) is 8.36. The van der Waals surface area contributed by atoms with Crippen molar-refractivity contribution < 1.29 is 0 Å². The maximum absolute atomic E-state index is 2.28. The second kappa shape index (κ2) is 10.6. The Morgan fingerprint density at radius 3 is 1.64 bits per heavy atom. The van der Waals surface area contributed by atoms with Crippen LogP contribution in [0.3, 0.4) is 0 Å². The molecule has 0 aliphatic carbocycles. The van der Waals surface area contributed by atoms with Crippen LogP contribution in [-0.4, -0.2) is 18.6 Å². The topological polar surface area (TPSA) is 0 Å². The Morgan fingerprint density at radius 1 is 0.727 bits per heavy atom. The predicted octanol–water partition coefficient (Wildman–Crippen LogP) is 3.18. The zero-order valence-corrected chi connectivity index (χ0v) is 12.6. The molecule has 0 N–H and O–H groups in total. The van der Waals surface area contributed by atoms with Crippen molar-refractivity contribution in [1.82, 2.24) is 0 Å². The summed E-state index contributed by atoms with van der Waals surface area (Å²) < 4.78 is 0. The normalized spacial score (nSPS) is 10.3. The Kier molecular flexibility index (Phi) is 11.3. The fraction of sp³-hybridized carbons (Fsp3) is 1.00. The van der Waals surface area contributed by atoms with E-state index < -0.39 is 0 Å². The molecule has 0 nitrogen and oxygen atoms in total. The van der Waals surface area contributed by atoms with Gasteiger partial charge in [0.25, 0.3) is 0 Å². The van der Waals surface area contributed by atoms with Crippen molar-refractivity contribution >= 4 is 18.6 Å². The summed E-state index contributed by atoms with van der Waals surface area (Å²) in [4.78, 5) is 1.56. The molecule has 0 heterocycles. The first kappa shape index (κ1) is 11.6. The number of rotatable bonds is 8. The Morgan fingerprint density at radius 2 is 1.18 bits per heavy atom. The summed E-state index contributed by atoms with van der Waals surface area (Å²) in [5.74, 6) is 0. The van der Waals surface area contributed by atoms with Crippen LogP contribution in [0.15, 0.2) is 0 Å². The third-order valence-corrected chi connectivity index (χ3v) is 3.69. The molecule has 1 heteroatoms. The molecule has 0 aromatic heterocycles. The molecule has 11 heavy (non-hydrogen) atoms. The van der Waals surface area contributed by atoms with Crippen LogP contribution in [-0.2, 0) is 0 Å². The molecule has 0 amide bonds. The van der Waals surface area contributed by atoms with Gasteiger partial charge in [-0.15, -0.1) is 0 Å². The van der Waals surface area contributed by atoms with E-state index in [1.807, 2.05) is 0 Å². The summed E-state index contributed by atoms with van der Waals surface area (Å²) in [6, 6.07) is 0. The van der Waals surface area contributed by atoms with E-state index in [0.717, 1.165) is 18.6 Å². The van der Waals surface area contributed by atoms with Gasteiger partial charge in [-0.1, -0.05) is 0 Å². The Hall–Kier alpha value is 0.636. The molecule has 0 aliphatic heterocycles. The van der Waals surface area contributed by atoms with E-state index in [4.69, 9.17) is 0 Å². The van der Waals surface area contributed by atoms with Gasteiger partial charge in [0.15, 0.2) is 0 Å². The molecular weight excluding hydrogens is 190 g/mol. The average molecular weight is 213 g/mol. The van der Waals surface area contributed by atoms with Crippen LogP contribution in [0.2, 0.25) is 4.98 Å². The molecule has 0 aromatic carbocycles. The maximum atomic E-state index is 2.28. The van der Waals surface area contributed by atoms with E-state index >= 15 is 0 Å². The minimum absolute atomic E-state index is 1.11. The van der Waals surface area contributed by atoms with Gasteiger partial charge in [0, 0.05) is 0 Å². The first-order valence-electron chi connectivity index (χ1n) is 5.41. The van der Waals surface area contributed by atoms with Crippen LogP contribution < -0.4 is 0 Å². The molecule has 0 rings (SSSR count). The van der Waals surface area contributed by atoms with Gasteiger partial charge < -0.3 is 0 Å². The standard InChI is InChI=1S/C10H21.Ga.2H/c1-3-5-7-9-10-8-6-4-2;;;/h1,3-10H2,2H3;;;. The van der Waals surface area contributed by atoms with Crippen molar-refractivity contribution in [2.45, 2.75) is 63.3 Å². The summed E-state index contributed by atoms with van der Waals surface area (Å²) >= 11 is 1.11. The number of hydrogen-bond acceptors (Lipinski definition) is 0. The predicted molar refractivity (Wildman–Crippen MR) is 56.0 cm³/mol. The van der Waals surface area contributed by atoms with Crippen LogP contribution in [0.5, 0.6) is 0 Å². The van der Waals surface area contributed by atoms with Crippen molar-refractivity contribution in [1.29, 1.82) is 0 Å². The van der Waals surface area contributed by atoms with Crippen LogP contribution in [0.1, 0.15) is 58.3 Å². The summed E-state index contributed by atoms with van der Waals surface area (Å²) in [5.41, 5.74) is 0. The van der Waals surface area contributed by atoms with Crippen molar-refractivity contribution in [3.05, 3.63) is 0 Å². The monoisotopic (exact) mass is 212 g/mol. The quantitative estimate of drug-likeness (QED) is 0.429. The van der Waals surface area contributed by atoms with Gasteiger partial charge in [-0.25, -0.2) is 0 Å². The molecule has 0 saturated carbocycles. The van der Waals surface area contributed by atoms with Crippen molar-refractivity contribution in [3.63, 3.8) is 0 Å². The SMILES string of the molecule is CCCCCCCCC[CH2][GaH2].